The summed E-state index contributed by atoms with van der Waals surface area (Å²) in [7, 11) is 0. The van der Waals surface area contributed by atoms with Crippen LogP contribution in [0.2, 0.25) is 5.02 Å². The molecule has 1 unspecified atom stereocenters. The molecule has 3 heteroatoms. The number of carbonyl (C=O) groups is 1. The van der Waals surface area contributed by atoms with Crippen LogP contribution in [0.15, 0.2) is 18.2 Å². The Kier molecular flexibility index (Phi) is 3.79. The minimum atomic E-state index is 0.00984. The maximum Gasteiger partial charge on any atom is 0.232 e. The van der Waals surface area contributed by atoms with E-state index >= 15 is 0 Å². The van der Waals surface area contributed by atoms with Crippen molar-refractivity contribution >= 4 is 23.2 Å². The number of halogens is 1. The van der Waals surface area contributed by atoms with Crippen molar-refractivity contribution in [2.24, 2.45) is 5.92 Å². The minimum Gasteiger partial charge on any atom is -0.324 e. The highest BCUT2D eigenvalue weighted by molar-refractivity contribution is 6.34. The molecule has 1 amide bonds. The van der Waals surface area contributed by atoms with Gasteiger partial charge in [-0.3, -0.25) is 4.79 Å². The average molecular weight is 278 g/mol. The summed E-state index contributed by atoms with van der Waals surface area (Å²) in [6, 6.07) is 5.81. The van der Waals surface area contributed by atoms with E-state index in [0.29, 0.717) is 5.02 Å². The van der Waals surface area contributed by atoms with Gasteiger partial charge in [-0.1, -0.05) is 55.8 Å². The van der Waals surface area contributed by atoms with Crippen LogP contribution in [0.4, 0.5) is 5.69 Å². The molecule has 102 valence electrons. The fraction of sp³-hybridized carbons (Fsp3) is 0.562. The van der Waals surface area contributed by atoms with E-state index in [4.69, 9.17) is 11.6 Å². The molecule has 0 saturated heterocycles. The van der Waals surface area contributed by atoms with Gasteiger partial charge in [0.05, 0.1) is 16.6 Å². The predicted octanol–water partition coefficient (Wildman–Crippen LogP) is 4.74. The third-order valence-corrected chi connectivity index (χ3v) is 4.89. The third-order valence-electron chi connectivity index (χ3n) is 4.57. The fourth-order valence-electron chi connectivity index (χ4n) is 3.48. The van der Waals surface area contributed by atoms with Gasteiger partial charge in [0, 0.05) is 0 Å². The molecule has 1 aromatic carbocycles. The molecule has 1 aliphatic carbocycles. The summed E-state index contributed by atoms with van der Waals surface area (Å²) in [5.41, 5.74) is 1.93. The van der Waals surface area contributed by atoms with E-state index in [1.54, 1.807) is 0 Å². The summed E-state index contributed by atoms with van der Waals surface area (Å²) in [5.74, 6) is 0.958. The summed E-state index contributed by atoms with van der Waals surface area (Å²) >= 11 is 6.13. The number of nitrogens with one attached hydrogen (secondary N) is 1. The van der Waals surface area contributed by atoms with Crippen LogP contribution in [0.25, 0.3) is 0 Å². The van der Waals surface area contributed by atoms with Gasteiger partial charge < -0.3 is 5.32 Å². The van der Waals surface area contributed by atoms with Gasteiger partial charge in [-0.25, -0.2) is 0 Å². The van der Waals surface area contributed by atoms with Crippen LogP contribution in [0, 0.1) is 5.92 Å². The van der Waals surface area contributed by atoms with Crippen LogP contribution < -0.4 is 5.32 Å². The zero-order valence-corrected chi connectivity index (χ0v) is 11.9. The van der Waals surface area contributed by atoms with E-state index in [0.717, 1.165) is 23.6 Å². The Morgan fingerprint density at radius 1 is 1.16 bits per heavy atom. The Balaban J connectivity index is 1.68. The third kappa shape index (κ3) is 2.64. The highest BCUT2D eigenvalue weighted by atomic mass is 35.5. The monoisotopic (exact) mass is 277 g/mol. The van der Waals surface area contributed by atoms with Gasteiger partial charge in [-0.05, 0) is 30.4 Å². The largest absolute Gasteiger partial charge is 0.324 e. The topological polar surface area (TPSA) is 29.1 Å². The highest BCUT2D eigenvalue weighted by Gasteiger charge is 2.32. The van der Waals surface area contributed by atoms with E-state index in [1.807, 2.05) is 18.2 Å². The average Bonchev–Trinajstić information content (AvgIpc) is 2.75. The van der Waals surface area contributed by atoms with Crippen molar-refractivity contribution in [2.45, 2.75) is 50.9 Å². The van der Waals surface area contributed by atoms with Crippen molar-refractivity contribution in [1.29, 1.82) is 0 Å². The Hall–Kier alpha value is -1.02. The first kappa shape index (κ1) is 13.0. The van der Waals surface area contributed by atoms with E-state index in [9.17, 15) is 4.79 Å². The molecule has 0 aromatic heterocycles. The summed E-state index contributed by atoms with van der Waals surface area (Å²) < 4.78 is 0. The molecule has 2 nitrogen and oxygen atoms in total. The Labute approximate surface area is 119 Å². The van der Waals surface area contributed by atoms with Crippen LogP contribution >= 0.6 is 11.6 Å². The molecule has 0 radical (unpaired) electrons. The van der Waals surface area contributed by atoms with Crippen LogP contribution in [0.5, 0.6) is 0 Å². The quantitative estimate of drug-likeness (QED) is 0.850. The molecule has 1 aromatic rings. The van der Waals surface area contributed by atoms with Crippen LogP contribution in [0.1, 0.15) is 56.4 Å². The standard InChI is InChI=1S/C16H20ClNO/c17-14-8-4-7-12-13(16(19)18-15(12)14)10-9-11-5-2-1-3-6-11/h4,7-8,11,13H,1-3,5-6,9-10H2,(H,18,19). The van der Waals surface area contributed by atoms with Crippen LogP contribution in [0.3, 0.4) is 0 Å². The Bertz CT molecular complexity index is 480. The van der Waals surface area contributed by atoms with Crippen molar-refractivity contribution in [3.8, 4) is 0 Å². The number of rotatable bonds is 3. The number of hydrogen-bond acceptors (Lipinski definition) is 1. The number of hydrogen-bond donors (Lipinski definition) is 1. The zero-order valence-electron chi connectivity index (χ0n) is 11.1. The van der Waals surface area contributed by atoms with Gasteiger partial charge >= 0.3 is 0 Å². The summed E-state index contributed by atoms with van der Waals surface area (Å²) in [6.45, 7) is 0. The lowest BCUT2D eigenvalue weighted by atomic mass is 9.83. The summed E-state index contributed by atoms with van der Waals surface area (Å²) in [6.07, 6.45) is 8.94. The normalized spacial score (nSPS) is 23.2. The van der Waals surface area contributed by atoms with Crippen molar-refractivity contribution in [1.82, 2.24) is 0 Å². The molecule has 2 aliphatic rings. The van der Waals surface area contributed by atoms with Crippen LogP contribution in [-0.4, -0.2) is 5.91 Å². The first-order chi connectivity index (χ1) is 9.25. The maximum atomic E-state index is 12.1. The fourth-order valence-corrected chi connectivity index (χ4v) is 3.71. The van der Waals surface area contributed by atoms with Crippen molar-refractivity contribution in [3.05, 3.63) is 28.8 Å². The van der Waals surface area contributed by atoms with Gasteiger partial charge in [0.1, 0.15) is 0 Å². The number of para-hydroxylation sites is 1. The maximum absolute atomic E-state index is 12.1. The number of amides is 1. The zero-order chi connectivity index (χ0) is 13.2. The van der Waals surface area contributed by atoms with E-state index in [2.05, 4.69) is 5.32 Å². The van der Waals surface area contributed by atoms with E-state index in [-0.39, 0.29) is 11.8 Å². The molecule has 1 aliphatic heterocycles. The highest BCUT2D eigenvalue weighted by Crippen LogP contribution is 2.41. The molecule has 1 N–H and O–H groups in total. The second-order valence-corrected chi connectivity index (χ2v) is 6.23. The van der Waals surface area contributed by atoms with Gasteiger partial charge in [-0.2, -0.15) is 0 Å². The Morgan fingerprint density at radius 3 is 2.74 bits per heavy atom. The Morgan fingerprint density at radius 2 is 1.95 bits per heavy atom. The van der Waals surface area contributed by atoms with Crippen molar-refractivity contribution in [3.63, 3.8) is 0 Å². The molecule has 1 heterocycles. The van der Waals surface area contributed by atoms with Gasteiger partial charge in [0.25, 0.3) is 0 Å². The van der Waals surface area contributed by atoms with Gasteiger partial charge in [0.15, 0.2) is 0 Å². The first-order valence-corrected chi connectivity index (χ1v) is 7.73. The SMILES string of the molecule is O=C1Nc2c(Cl)cccc2C1CCC1CCCCC1. The molecule has 1 fully saturated rings. The molecular formula is C16H20ClNO. The number of anilines is 1. The molecule has 0 bridgehead atoms. The molecule has 1 saturated carbocycles. The molecule has 0 spiro atoms. The summed E-state index contributed by atoms with van der Waals surface area (Å²) in [5, 5.41) is 3.59. The number of benzene rings is 1. The van der Waals surface area contributed by atoms with Crippen molar-refractivity contribution in [2.75, 3.05) is 5.32 Å². The smallest absolute Gasteiger partial charge is 0.232 e. The molecule has 1 atom stereocenters. The second-order valence-electron chi connectivity index (χ2n) is 5.83. The van der Waals surface area contributed by atoms with Crippen molar-refractivity contribution < 1.29 is 4.79 Å². The number of fused-ring (bicyclic) bond motifs is 1. The van der Waals surface area contributed by atoms with Gasteiger partial charge in [-0.15, -0.1) is 0 Å². The molecule has 19 heavy (non-hydrogen) atoms. The minimum absolute atomic E-state index is 0.00984. The lowest BCUT2D eigenvalue weighted by Crippen LogP contribution is -2.14. The number of carbonyl (C=O) groups excluding carboxylic acids is 1. The molecule has 3 rings (SSSR count). The second kappa shape index (κ2) is 5.54. The lowest BCUT2D eigenvalue weighted by molar-refractivity contribution is -0.117. The summed E-state index contributed by atoms with van der Waals surface area (Å²) in [4.78, 5) is 12.1. The van der Waals surface area contributed by atoms with E-state index in [1.165, 1.54) is 38.5 Å². The first-order valence-electron chi connectivity index (χ1n) is 7.35. The predicted molar refractivity (Wildman–Crippen MR) is 78.6 cm³/mol. The lowest BCUT2D eigenvalue weighted by Gasteiger charge is -2.22. The van der Waals surface area contributed by atoms with Gasteiger partial charge in [0.2, 0.25) is 5.91 Å². The molecular weight excluding hydrogens is 258 g/mol. The van der Waals surface area contributed by atoms with E-state index < -0.39 is 0 Å². The van der Waals surface area contributed by atoms with Crippen LogP contribution in [-0.2, 0) is 4.79 Å².